The lowest BCUT2D eigenvalue weighted by Gasteiger charge is -2.19. The number of aliphatic carboxylic acids is 1. The monoisotopic (exact) mass is 232 g/mol. The molecule has 94 valence electrons. The zero-order valence-corrected chi connectivity index (χ0v) is 9.93. The summed E-state index contributed by atoms with van der Waals surface area (Å²) in [7, 11) is 1.66. The summed E-state index contributed by atoms with van der Waals surface area (Å²) in [5, 5.41) is 20.5. The summed E-state index contributed by atoms with van der Waals surface area (Å²) in [5.74, 6) is -1.19. The number of likely N-dealkylation sites (N-methyl/N-ethyl adjacent to an activating group) is 1. The maximum Gasteiger partial charge on any atom is 0.306 e. The van der Waals surface area contributed by atoms with Gasteiger partial charge in [-0.1, -0.05) is 0 Å². The van der Waals surface area contributed by atoms with Crippen molar-refractivity contribution < 1.29 is 19.8 Å². The molecule has 16 heavy (non-hydrogen) atoms. The highest BCUT2D eigenvalue weighted by molar-refractivity contribution is 5.78. The molecule has 0 aromatic carbocycles. The Kier molecular flexibility index (Phi) is 6.67. The Morgan fingerprint density at radius 2 is 1.94 bits per heavy atom. The van der Waals surface area contributed by atoms with Crippen LogP contribution in [0.2, 0.25) is 0 Å². The molecule has 0 spiro atoms. The molecule has 0 heterocycles. The van der Waals surface area contributed by atoms with Crippen LogP contribution in [0.4, 0.5) is 0 Å². The van der Waals surface area contributed by atoms with E-state index >= 15 is 0 Å². The summed E-state index contributed by atoms with van der Waals surface area (Å²) < 4.78 is 0. The molecule has 0 aliphatic carbocycles. The fraction of sp³-hybridized carbons (Fsp3) is 0.800. The van der Waals surface area contributed by atoms with Gasteiger partial charge in [-0.3, -0.25) is 14.5 Å². The van der Waals surface area contributed by atoms with Crippen LogP contribution in [-0.4, -0.2) is 59.3 Å². The van der Waals surface area contributed by atoms with Crippen LogP contribution in [0.3, 0.4) is 0 Å². The van der Waals surface area contributed by atoms with E-state index in [0.717, 1.165) is 0 Å². The quantitative estimate of drug-likeness (QED) is 0.539. The van der Waals surface area contributed by atoms with Crippen molar-refractivity contribution in [2.24, 2.45) is 0 Å². The van der Waals surface area contributed by atoms with Crippen LogP contribution in [0, 0.1) is 0 Å². The number of aliphatic hydroxyl groups is 1. The molecule has 0 fully saturated rings. The van der Waals surface area contributed by atoms with Crippen LogP contribution in [0.25, 0.3) is 0 Å². The van der Waals surface area contributed by atoms with Gasteiger partial charge in [-0.05, 0) is 20.9 Å². The Morgan fingerprint density at radius 1 is 1.38 bits per heavy atom. The van der Waals surface area contributed by atoms with E-state index in [4.69, 9.17) is 5.11 Å². The normalized spacial score (nSPS) is 12.9. The minimum absolute atomic E-state index is 0.0739. The van der Waals surface area contributed by atoms with Crippen molar-refractivity contribution in [1.29, 1.82) is 0 Å². The molecule has 0 aromatic rings. The van der Waals surface area contributed by atoms with Crippen molar-refractivity contribution in [3.05, 3.63) is 0 Å². The van der Waals surface area contributed by atoms with Crippen LogP contribution < -0.4 is 5.32 Å². The van der Waals surface area contributed by atoms with Gasteiger partial charge in [-0.2, -0.15) is 0 Å². The lowest BCUT2D eigenvalue weighted by molar-refractivity contribution is -0.139. The zero-order chi connectivity index (χ0) is 12.7. The Hall–Kier alpha value is -1.14. The number of hydrogen-bond acceptors (Lipinski definition) is 4. The Labute approximate surface area is 95.2 Å². The summed E-state index contributed by atoms with van der Waals surface area (Å²) in [6.45, 7) is 4.03. The van der Waals surface area contributed by atoms with E-state index in [0.29, 0.717) is 0 Å². The van der Waals surface area contributed by atoms with Gasteiger partial charge in [0.05, 0.1) is 19.1 Å². The van der Waals surface area contributed by atoms with Gasteiger partial charge < -0.3 is 15.5 Å². The van der Waals surface area contributed by atoms with Crippen LogP contribution in [0.1, 0.15) is 20.3 Å². The van der Waals surface area contributed by atoms with Crippen LogP contribution in [0.15, 0.2) is 0 Å². The fourth-order valence-corrected chi connectivity index (χ4v) is 1.30. The number of carboxylic acid groups (broad SMARTS) is 1. The number of nitrogens with one attached hydrogen (secondary N) is 1. The van der Waals surface area contributed by atoms with Gasteiger partial charge in [0.2, 0.25) is 5.91 Å². The van der Waals surface area contributed by atoms with Crippen molar-refractivity contribution in [3.8, 4) is 0 Å². The van der Waals surface area contributed by atoms with Gasteiger partial charge in [0.25, 0.3) is 0 Å². The smallest absolute Gasteiger partial charge is 0.306 e. The molecule has 1 amide bonds. The topological polar surface area (TPSA) is 89.9 Å². The molecule has 0 radical (unpaired) electrons. The number of carbonyl (C=O) groups excluding carboxylic acids is 1. The Bertz CT molecular complexity index is 243. The number of amides is 1. The van der Waals surface area contributed by atoms with Crippen molar-refractivity contribution in [1.82, 2.24) is 10.2 Å². The number of hydrogen-bond donors (Lipinski definition) is 3. The first kappa shape index (κ1) is 14.9. The molecule has 0 saturated heterocycles. The van der Waals surface area contributed by atoms with E-state index in [1.54, 1.807) is 11.9 Å². The highest BCUT2D eigenvalue weighted by Gasteiger charge is 2.14. The third-order valence-electron chi connectivity index (χ3n) is 1.80. The van der Waals surface area contributed by atoms with Gasteiger partial charge in [0.15, 0.2) is 0 Å². The summed E-state index contributed by atoms with van der Waals surface area (Å²) in [5.41, 5.74) is 0. The molecule has 0 aromatic heterocycles. The molecule has 1 unspecified atom stereocenters. The van der Waals surface area contributed by atoms with E-state index in [9.17, 15) is 14.7 Å². The molecule has 0 saturated carbocycles. The van der Waals surface area contributed by atoms with Crippen molar-refractivity contribution in [2.45, 2.75) is 32.4 Å². The first-order chi connectivity index (χ1) is 7.31. The van der Waals surface area contributed by atoms with Crippen LogP contribution in [-0.2, 0) is 9.59 Å². The van der Waals surface area contributed by atoms with Crippen LogP contribution >= 0.6 is 0 Å². The number of aliphatic hydroxyl groups excluding tert-OH is 1. The molecular formula is C10H20N2O4. The van der Waals surface area contributed by atoms with Crippen molar-refractivity contribution in [3.63, 3.8) is 0 Å². The highest BCUT2D eigenvalue weighted by Crippen LogP contribution is 1.95. The zero-order valence-electron chi connectivity index (χ0n) is 9.93. The Balaban J connectivity index is 3.84. The lowest BCUT2D eigenvalue weighted by Crippen LogP contribution is -2.41. The molecule has 0 aliphatic rings. The maximum absolute atomic E-state index is 11.3. The molecule has 6 heteroatoms. The average Bonchev–Trinajstić information content (AvgIpc) is 1.97. The molecule has 0 aliphatic heterocycles. The predicted octanol–water partition coefficient (Wildman–Crippen LogP) is -0.722. The largest absolute Gasteiger partial charge is 0.481 e. The molecule has 3 N–H and O–H groups in total. The molecular weight excluding hydrogens is 212 g/mol. The van der Waals surface area contributed by atoms with Gasteiger partial charge in [-0.25, -0.2) is 0 Å². The summed E-state index contributed by atoms with van der Waals surface area (Å²) in [6, 6.07) is 0.0739. The molecule has 0 rings (SSSR count). The first-order valence-electron chi connectivity index (χ1n) is 5.19. The van der Waals surface area contributed by atoms with Gasteiger partial charge in [0.1, 0.15) is 0 Å². The SMILES string of the molecule is CC(C)NC(=O)CN(C)CC(O)CC(=O)O. The average molecular weight is 232 g/mol. The second kappa shape index (κ2) is 7.19. The number of nitrogens with zero attached hydrogens (tertiary/aromatic N) is 1. The van der Waals surface area contributed by atoms with E-state index in [1.165, 1.54) is 0 Å². The summed E-state index contributed by atoms with van der Waals surface area (Å²) in [6.07, 6.45) is -1.26. The standard InChI is InChI=1S/C10H20N2O4/c1-7(2)11-9(14)6-12(3)5-8(13)4-10(15)16/h7-8,13H,4-6H2,1-3H3,(H,11,14)(H,15,16). The fourth-order valence-electron chi connectivity index (χ4n) is 1.30. The number of carboxylic acids is 1. The highest BCUT2D eigenvalue weighted by atomic mass is 16.4. The Morgan fingerprint density at radius 3 is 2.38 bits per heavy atom. The third-order valence-corrected chi connectivity index (χ3v) is 1.80. The van der Waals surface area contributed by atoms with E-state index < -0.39 is 12.1 Å². The number of rotatable bonds is 7. The van der Waals surface area contributed by atoms with Crippen molar-refractivity contribution >= 4 is 11.9 Å². The third kappa shape index (κ3) is 8.19. The summed E-state index contributed by atoms with van der Waals surface area (Å²) in [4.78, 5) is 23.2. The first-order valence-corrected chi connectivity index (χ1v) is 5.19. The molecule has 1 atom stereocenters. The second-order valence-electron chi connectivity index (χ2n) is 4.17. The lowest BCUT2D eigenvalue weighted by atomic mass is 10.2. The maximum atomic E-state index is 11.3. The van der Waals surface area contributed by atoms with E-state index in [2.05, 4.69) is 5.32 Å². The van der Waals surface area contributed by atoms with E-state index in [1.807, 2.05) is 13.8 Å². The van der Waals surface area contributed by atoms with Gasteiger partial charge in [-0.15, -0.1) is 0 Å². The summed E-state index contributed by atoms with van der Waals surface area (Å²) >= 11 is 0. The minimum atomic E-state index is -1.05. The molecule has 0 bridgehead atoms. The van der Waals surface area contributed by atoms with Crippen molar-refractivity contribution in [2.75, 3.05) is 20.1 Å². The predicted molar refractivity (Wildman–Crippen MR) is 59.0 cm³/mol. The number of carbonyl (C=O) groups is 2. The minimum Gasteiger partial charge on any atom is -0.481 e. The second-order valence-corrected chi connectivity index (χ2v) is 4.17. The van der Waals surface area contributed by atoms with Crippen LogP contribution in [0.5, 0.6) is 0 Å². The van der Waals surface area contributed by atoms with E-state index in [-0.39, 0.29) is 31.5 Å². The van der Waals surface area contributed by atoms with Gasteiger partial charge >= 0.3 is 5.97 Å². The van der Waals surface area contributed by atoms with Gasteiger partial charge in [0, 0.05) is 12.6 Å². The molecule has 6 nitrogen and oxygen atoms in total.